The lowest BCUT2D eigenvalue weighted by Gasteiger charge is -2.04. The maximum Gasteiger partial charge on any atom is 0.167 e. The quantitative estimate of drug-likeness (QED) is 0.794. The Kier molecular flexibility index (Phi) is 2.61. The molecule has 2 aromatic heterocycles. The number of nitrogens with zero attached hydrogens (tertiary/aromatic N) is 3. The maximum absolute atomic E-state index is 4.46. The highest BCUT2D eigenvalue weighted by atomic mass is 79.9. The Hall–Kier alpha value is -1.16. The maximum atomic E-state index is 4.46. The lowest BCUT2D eigenvalue weighted by Crippen LogP contribution is -2.02. The van der Waals surface area contributed by atoms with E-state index in [1.807, 2.05) is 23.7 Å². The summed E-state index contributed by atoms with van der Waals surface area (Å²) >= 11 is 3.48. The summed E-state index contributed by atoms with van der Waals surface area (Å²) in [5, 5.41) is 4.46. The van der Waals surface area contributed by atoms with Gasteiger partial charge in [0.25, 0.3) is 0 Å². The fraction of sp³-hybridized carbons (Fsp3) is 0.273. The first-order valence-corrected chi connectivity index (χ1v) is 5.54. The standard InChI is InChI=1S/C11H12BrN3/c1-7-8(2)14-15(9(7)3)11-10(12)5-4-6-13-11/h4-6H,1-3H3. The van der Waals surface area contributed by atoms with Gasteiger partial charge in [-0.3, -0.25) is 0 Å². The van der Waals surface area contributed by atoms with E-state index in [-0.39, 0.29) is 0 Å². The summed E-state index contributed by atoms with van der Waals surface area (Å²) in [5.41, 5.74) is 3.39. The SMILES string of the molecule is Cc1nn(-c2ncccc2Br)c(C)c1C. The van der Waals surface area contributed by atoms with Crippen molar-refractivity contribution in [1.82, 2.24) is 14.8 Å². The van der Waals surface area contributed by atoms with E-state index in [4.69, 9.17) is 0 Å². The third kappa shape index (κ3) is 1.69. The van der Waals surface area contributed by atoms with E-state index >= 15 is 0 Å². The molecule has 0 aliphatic rings. The molecule has 0 saturated heterocycles. The first-order valence-electron chi connectivity index (χ1n) is 4.75. The van der Waals surface area contributed by atoms with Gasteiger partial charge in [-0.05, 0) is 54.4 Å². The van der Waals surface area contributed by atoms with E-state index < -0.39 is 0 Å². The van der Waals surface area contributed by atoms with Gasteiger partial charge < -0.3 is 0 Å². The Morgan fingerprint density at radius 3 is 2.53 bits per heavy atom. The zero-order chi connectivity index (χ0) is 11.0. The molecule has 0 radical (unpaired) electrons. The second-order valence-corrected chi connectivity index (χ2v) is 4.37. The monoisotopic (exact) mass is 265 g/mol. The van der Waals surface area contributed by atoms with Gasteiger partial charge in [-0.15, -0.1) is 0 Å². The Morgan fingerprint density at radius 1 is 1.27 bits per heavy atom. The van der Waals surface area contributed by atoms with Gasteiger partial charge in [0.1, 0.15) is 0 Å². The first-order chi connectivity index (χ1) is 7.11. The van der Waals surface area contributed by atoms with Gasteiger partial charge in [0.2, 0.25) is 0 Å². The van der Waals surface area contributed by atoms with Crippen molar-refractivity contribution >= 4 is 15.9 Å². The summed E-state index contributed by atoms with van der Waals surface area (Å²) in [6.07, 6.45) is 1.77. The molecule has 0 N–H and O–H groups in total. The highest BCUT2D eigenvalue weighted by molar-refractivity contribution is 9.10. The van der Waals surface area contributed by atoms with Crippen LogP contribution < -0.4 is 0 Å². The molecule has 0 spiro atoms. The minimum Gasteiger partial charge on any atom is -0.236 e. The molecule has 0 atom stereocenters. The molecule has 15 heavy (non-hydrogen) atoms. The summed E-state index contributed by atoms with van der Waals surface area (Å²) in [6, 6.07) is 3.86. The Labute approximate surface area is 97.3 Å². The predicted octanol–water partition coefficient (Wildman–Crippen LogP) is 2.96. The Bertz CT molecular complexity index is 503. The van der Waals surface area contributed by atoms with Crippen LogP contribution in [-0.4, -0.2) is 14.8 Å². The Morgan fingerprint density at radius 2 is 2.00 bits per heavy atom. The van der Waals surface area contributed by atoms with E-state index in [0.717, 1.165) is 21.7 Å². The number of aryl methyl sites for hydroxylation is 1. The largest absolute Gasteiger partial charge is 0.236 e. The molecule has 0 amide bonds. The summed E-state index contributed by atoms with van der Waals surface area (Å²) in [4.78, 5) is 4.32. The smallest absolute Gasteiger partial charge is 0.167 e. The molecular weight excluding hydrogens is 254 g/mol. The third-order valence-corrected chi connectivity index (χ3v) is 3.21. The molecule has 2 rings (SSSR count). The molecule has 0 fully saturated rings. The van der Waals surface area contributed by atoms with Crippen molar-refractivity contribution < 1.29 is 0 Å². The van der Waals surface area contributed by atoms with Crippen LogP contribution >= 0.6 is 15.9 Å². The molecule has 3 nitrogen and oxygen atoms in total. The van der Waals surface area contributed by atoms with E-state index in [1.165, 1.54) is 5.56 Å². The molecule has 0 unspecified atom stereocenters. The third-order valence-electron chi connectivity index (χ3n) is 2.59. The normalized spacial score (nSPS) is 10.7. The lowest BCUT2D eigenvalue weighted by molar-refractivity contribution is 0.801. The number of halogens is 1. The van der Waals surface area contributed by atoms with Crippen LogP contribution in [-0.2, 0) is 0 Å². The molecule has 0 saturated carbocycles. The molecular formula is C11H12BrN3. The minimum atomic E-state index is 0.839. The van der Waals surface area contributed by atoms with Gasteiger partial charge in [-0.1, -0.05) is 0 Å². The van der Waals surface area contributed by atoms with Gasteiger partial charge >= 0.3 is 0 Å². The second kappa shape index (κ2) is 3.77. The van der Waals surface area contributed by atoms with Gasteiger partial charge in [0.05, 0.1) is 10.2 Å². The average molecular weight is 266 g/mol. The minimum absolute atomic E-state index is 0.839. The fourth-order valence-corrected chi connectivity index (χ4v) is 1.88. The lowest BCUT2D eigenvalue weighted by atomic mass is 10.2. The summed E-state index contributed by atoms with van der Waals surface area (Å²) in [5.74, 6) is 0.839. The van der Waals surface area contributed by atoms with Crippen molar-refractivity contribution in [2.24, 2.45) is 0 Å². The van der Waals surface area contributed by atoms with Crippen molar-refractivity contribution in [1.29, 1.82) is 0 Å². The predicted molar refractivity (Wildman–Crippen MR) is 63.3 cm³/mol. The number of pyridine rings is 1. The van der Waals surface area contributed by atoms with Gasteiger partial charge in [-0.25, -0.2) is 9.67 Å². The van der Waals surface area contributed by atoms with Gasteiger partial charge in [0, 0.05) is 11.9 Å². The van der Waals surface area contributed by atoms with Crippen LogP contribution in [0.15, 0.2) is 22.8 Å². The fourth-order valence-electron chi connectivity index (χ4n) is 1.46. The van der Waals surface area contributed by atoms with Crippen molar-refractivity contribution in [2.75, 3.05) is 0 Å². The van der Waals surface area contributed by atoms with Crippen LogP contribution in [0.25, 0.3) is 5.82 Å². The summed E-state index contributed by atoms with van der Waals surface area (Å²) < 4.78 is 2.82. The van der Waals surface area contributed by atoms with Crippen molar-refractivity contribution in [3.63, 3.8) is 0 Å². The van der Waals surface area contributed by atoms with Crippen LogP contribution in [0.5, 0.6) is 0 Å². The second-order valence-electron chi connectivity index (χ2n) is 3.52. The zero-order valence-corrected chi connectivity index (χ0v) is 10.5. The van der Waals surface area contributed by atoms with Crippen LogP contribution in [0, 0.1) is 20.8 Å². The number of rotatable bonds is 1. The van der Waals surface area contributed by atoms with E-state index in [1.54, 1.807) is 6.20 Å². The molecule has 2 aromatic rings. The van der Waals surface area contributed by atoms with Crippen LogP contribution in [0.2, 0.25) is 0 Å². The molecule has 2 heterocycles. The van der Waals surface area contributed by atoms with Crippen LogP contribution in [0.1, 0.15) is 17.0 Å². The average Bonchev–Trinajstić information content (AvgIpc) is 2.47. The molecule has 78 valence electrons. The highest BCUT2D eigenvalue weighted by Crippen LogP contribution is 2.21. The van der Waals surface area contributed by atoms with E-state index in [2.05, 4.69) is 39.9 Å². The first kappa shape index (κ1) is 10.4. The molecule has 0 aliphatic heterocycles. The highest BCUT2D eigenvalue weighted by Gasteiger charge is 2.11. The molecule has 0 aliphatic carbocycles. The van der Waals surface area contributed by atoms with E-state index in [9.17, 15) is 0 Å². The number of aromatic nitrogens is 3. The molecule has 0 aromatic carbocycles. The van der Waals surface area contributed by atoms with Crippen molar-refractivity contribution in [3.05, 3.63) is 39.8 Å². The van der Waals surface area contributed by atoms with Crippen LogP contribution in [0.3, 0.4) is 0 Å². The van der Waals surface area contributed by atoms with Crippen molar-refractivity contribution in [2.45, 2.75) is 20.8 Å². The topological polar surface area (TPSA) is 30.7 Å². The number of hydrogen-bond donors (Lipinski definition) is 0. The van der Waals surface area contributed by atoms with E-state index in [0.29, 0.717) is 0 Å². The van der Waals surface area contributed by atoms with Crippen molar-refractivity contribution in [3.8, 4) is 5.82 Å². The number of hydrogen-bond acceptors (Lipinski definition) is 2. The van der Waals surface area contributed by atoms with Gasteiger partial charge in [-0.2, -0.15) is 5.10 Å². The Balaban J connectivity index is 2.65. The van der Waals surface area contributed by atoms with Crippen LogP contribution in [0.4, 0.5) is 0 Å². The summed E-state index contributed by atoms with van der Waals surface area (Å²) in [7, 11) is 0. The summed E-state index contributed by atoms with van der Waals surface area (Å²) in [6.45, 7) is 6.14. The zero-order valence-electron chi connectivity index (χ0n) is 8.95. The molecule has 0 bridgehead atoms. The molecule has 4 heteroatoms. The van der Waals surface area contributed by atoms with Gasteiger partial charge in [0.15, 0.2) is 5.82 Å².